The molecule has 0 saturated heterocycles. The second kappa shape index (κ2) is 5.09. The highest BCUT2D eigenvalue weighted by molar-refractivity contribution is 5.19. The number of halogens is 2. The first-order chi connectivity index (χ1) is 9.20. The van der Waals surface area contributed by atoms with Crippen LogP contribution in [0.3, 0.4) is 0 Å². The molecule has 0 atom stereocenters. The van der Waals surface area contributed by atoms with Crippen LogP contribution in [0, 0.1) is 11.6 Å². The maximum absolute atomic E-state index is 13.5. The maximum Gasteiger partial charge on any atom is 0.128 e. The monoisotopic (exact) mass is 263 g/mol. The molecule has 0 unspecified atom stereocenters. The van der Waals surface area contributed by atoms with Gasteiger partial charge in [-0.15, -0.1) is 0 Å². The molecule has 0 bridgehead atoms. The summed E-state index contributed by atoms with van der Waals surface area (Å²) in [6, 6.07) is 4.11. The Labute approximate surface area is 110 Å². The Morgan fingerprint density at radius 3 is 2.95 bits per heavy atom. The summed E-state index contributed by atoms with van der Waals surface area (Å²) in [5.41, 5.74) is 1.37. The van der Waals surface area contributed by atoms with Gasteiger partial charge in [0.2, 0.25) is 0 Å². The summed E-state index contributed by atoms with van der Waals surface area (Å²) in [7, 11) is 0. The zero-order valence-electron chi connectivity index (χ0n) is 10.4. The van der Waals surface area contributed by atoms with Gasteiger partial charge >= 0.3 is 0 Å². The Balaban J connectivity index is 1.66. The van der Waals surface area contributed by atoms with Gasteiger partial charge in [-0.2, -0.15) is 5.10 Å². The molecule has 2 aromatic rings. The first-order valence-electron chi connectivity index (χ1n) is 6.39. The van der Waals surface area contributed by atoms with E-state index >= 15 is 0 Å². The smallest absolute Gasteiger partial charge is 0.128 e. The molecule has 100 valence electrons. The molecule has 1 N–H and O–H groups in total. The first-order valence-corrected chi connectivity index (χ1v) is 6.39. The third-order valence-corrected chi connectivity index (χ3v) is 3.20. The first kappa shape index (κ1) is 12.3. The van der Waals surface area contributed by atoms with E-state index < -0.39 is 11.6 Å². The zero-order valence-corrected chi connectivity index (χ0v) is 10.4. The molecule has 1 saturated carbocycles. The van der Waals surface area contributed by atoms with Gasteiger partial charge < -0.3 is 5.32 Å². The zero-order chi connectivity index (χ0) is 13.2. The fourth-order valence-corrected chi connectivity index (χ4v) is 1.97. The van der Waals surface area contributed by atoms with Crippen LogP contribution in [0.15, 0.2) is 30.6 Å². The van der Waals surface area contributed by atoms with Gasteiger partial charge in [0.1, 0.15) is 11.6 Å². The number of nitrogens with zero attached hydrogens (tertiary/aromatic N) is 2. The Morgan fingerprint density at radius 1 is 1.32 bits per heavy atom. The molecule has 1 fully saturated rings. The summed E-state index contributed by atoms with van der Waals surface area (Å²) in [5, 5.41) is 7.55. The van der Waals surface area contributed by atoms with Crippen LogP contribution in [0.1, 0.15) is 24.0 Å². The minimum absolute atomic E-state index is 0.243. The molecule has 3 nitrogen and oxygen atoms in total. The SMILES string of the molecule is Fc1ccc(F)c(Cn2cc(CNC3CC3)cn2)c1. The number of hydrogen-bond donors (Lipinski definition) is 1. The average Bonchev–Trinajstić information content (AvgIpc) is 3.12. The molecule has 0 radical (unpaired) electrons. The summed E-state index contributed by atoms with van der Waals surface area (Å²) < 4.78 is 28.2. The second-order valence-corrected chi connectivity index (χ2v) is 4.94. The summed E-state index contributed by atoms with van der Waals surface area (Å²) in [6.45, 7) is 1.02. The minimum atomic E-state index is -0.431. The quantitative estimate of drug-likeness (QED) is 0.898. The number of aromatic nitrogens is 2. The van der Waals surface area contributed by atoms with Gasteiger partial charge in [0, 0.05) is 29.9 Å². The Kier molecular flexibility index (Phi) is 3.29. The van der Waals surface area contributed by atoms with Gasteiger partial charge in [-0.3, -0.25) is 4.68 Å². The largest absolute Gasteiger partial charge is 0.310 e. The average molecular weight is 263 g/mol. The van der Waals surface area contributed by atoms with Crippen molar-refractivity contribution in [1.29, 1.82) is 0 Å². The Bertz CT molecular complexity index is 576. The standard InChI is InChI=1S/C14H15F2N3/c15-12-1-4-14(16)11(5-12)9-19-8-10(7-18-19)6-17-13-2-3-13/h1,4-5,7-8,13,17H,2-3,6,9H2. The van der Waals surface area contributed by atoms with E-state index in [0.29, 0.717) is 11.6 Å². The maximum atomic E-state index is 13.5. The van der Waals surface area contributed by atoms with Crippen molar-refractivity contribution in [1.82, 2.24) is 15.1 Å². The normalized spacial score (nSPS) is 14.8. The molecule has 0 aliphatic heterocycles. The highest BCUT2D eigenvalue weighted by Crippen LogP contribution is 2.19. The van der Waals surface area contributed by atoms with E-state index in [4.69, 9.17) is 0 Å². The molecule has 1 aliphatic rings. The van der Waals surface area contributed by atoms with Gasteiger partial charge in [0.25, 0.3) is 0 Å². The van der Waals surface area contributed by atoms with Gasteiger partial charge in [0.05, 0.1) is 12.7 Å². The summed E-state index contributed by atoms with van der Waals surface area (Å²) >= 11 is 0. The molecular weight excluding hydrogens is 248 g/mol. The lowest BCUT2D eigenvalue weighted by Gasteiger charge is -2.03. The molecule has 0 spiro atoms. The van der Waals surface area contributed by atoms with Crippen molar-refractivity contribution in [2.75, 3.05) is 0 Å². The fourth-order valence-electron chi connectivity index (χ4n) is 1.97. The van der Waals surface area contributed by atoms with E-state index in [9.17, 15) is 8.78 Å². The summed E-state index contributed by atoms with van der Waals surface area (Å²) in [6.07, 6.45) is 6.09. The predicted molar refractivity (Wildman–Crippen MR) is 67.5 cm³/mol. The highest BCUT2D eigenvalue weighted by Gasteiger charge is 2.20. The van der Waals surface area contributed by atoms with Crippen molar-refractivity contribution in [2.45, 2.75) is 32.0 Å². The topological polar surface area (TPSA) is 29.9 Å². The molecule has 1 aromatic heterocycles. The van der Waals surface area contributed by atoms with Crippen LogP contribution in [0.5, 0.6) is 0 Å². The van der Waals surface area contributed by atoms with E-state index in [0.717, 1.165) is 24.2 Å². The van der Waals surface area contributed by atoms with Crippen LogP contribution < -0.4 is 5.32 Å². The molecule has 0 amide bonds. The third kappa shape index (κ3) is 3.17. The van der Waals surface area contributed by atoms with Gasteiger partial charge in [0.15, 0.2) is 0 Å². The summed E-state index contributed by atoms with van der Waals surface area (Å²) in [5.74, 6) is -0.839. The van der Waals surface area contributed by atoms with Crippen LogP contribution in [0.2, 0.25) is 0 Å². The van der Waals surface area contributed by atoms with Crippen LogP contribution >= 0.6 is 0 Å². The lowest BCUT2D eigenvalue weighted by molar-refractivity contribution is 0.566. The van der Waals surface area contributed by atoms with Gasteiger partial charge in [-0.1, -0.05) is 0 Å². The van der Waals surface area contributed by atoms with Crippen LogP contribution in [0.25, 0.3) is 0 Å². The third-order valence-electron chi connectivity index (χ3n) is 3.20. The lowest BCUT2D eigenvalue weighted by atomic mass is 10.2. The second-order valence-electron chi connectivity index (χ2n) is 4.94. The van der Waals surface area contributed by atoms with Crippen LogP contribution in [-0.4, -0.2) is 15.8 Å². The van der Waals surface area contributed by atoms with E-state index in [-0.39, 0.29) is 6.54 Å². The molecule has 1 aliphatic carbocycles. The Morgan fingerprint density at radius 2 is 2.16 bits per heavy atom. The molecular formula is C14H15F2N3. The van der Waals surface area contributed by atoms with Crippen molar-refractivity contribution >= 4 is 0 Å². The van der Waals surface area contributed by atoms with Crippen molar-refractivity contribution in [2.24, 2.45) is 0 Å². The molecule has 1 aromatic carbocycles. The van der Waals surface area contributed by atoms with Crippen molar-refractivity contribution in [3.8, 4) is 0 Å². The lowest BCUT2D eigenvalue weighted by Crippen LogP contribution is -2.14. The van der Waals surface area contributed by atoms with Crippen LogP contribution in [-0.2, 0) is 13.1 Å². The minimum Gasteiger partial charge on any atom is -0.310 e. The molecule has 5 heteroatoms. The van der Waals surface area contributed by atoms with E-state index in [1.54, 1.807) is 10.9 Å². The fraction of sp³-hybridized carbons (Fsp3) is 0.357. The number of hydrogen-bond acceptors (Lipinski definition) is 2. The van der Waals surface area contributed by atoms with E-state index in [1.165, 1.54) is 18.9 Å². The molecule has 1 heterocycles. The van der Waals surface area contributed by atoms with Crippen molar-refractivity contribution < 1.29 is 8.78 Å². The van der Waals surface area contributed by atoms with E-state index in [2.05, 4.69) is 10.4 Å². The Hall–Kier alpha value is -1.75. The summed E-state index contributed by atoms with van der Waals surface area (Å²) in [4.78, 5) is 0. The van der Waals surface area contributed by atoms with Gasteiger partial charge in [-0.25, -0.2) is 8.78 Å². The number of nitrogens with one attached hydrogen (secondary N) is 1. The van der Waals surface area contributed by atoms with Gasteiger partial charge in [-0.05, 0) is 31.0 Å². The highest BCUT2D eigenvalue weighted by atomic mass is 19.1. The van der Waals surface area contributed by atoms with Crippen molar-refractivity contribution in [3.05, 3.63) is 53.4 Å². The molecule has 19 heavy (non-hydrogen) atoms. The number of benzene rings is 1. The predicted octanol–water partition coefficient (Wildman–Crippen LogP) is 2.46. The van der Waals surface area contributed by atoms with E-state index in [1.807, 2.05) is 6.20 Å². The number of rotatable bonds is 5. The van der Waals surface area contributed by atoms with Crippen molar-refractivity contribution in [3.63, 3.8) is 0 Å². The van der Waals surface area contributed by atoms with Crippen LogP contribution in [0.4, 0.5) is 8.78 Å². The molecule has 3 rings (SSSR count).